The maximum atomic E-state index is 10.8. The van der Waals surface area contributed by atoms with Crippen LogP contribution in [0.1, 0.15) is 0 Å². The summed E-state index contributed by atoms with van der Waals surface area (Å²) < 4.78 is 0. The average molecular weight is 188 g/mol. The topological polar surface area (TPSA) is 95.8 Å². The van der Waals surface area contributed by atoms with Crippen LogP contribution in [-0.4, -0.2) is 15.6 Å². The Morgan fingerprint density at radius 1 is 1.50 bits per heavy atom. The second-order valence-electron chi connectivity index (χ2n) is 2.33. The van der Waals surface area contributed by atoms with Gasteiger partial charge in [-0.1, -0.05) is 11.6 Å². The van der Waals surface area contributed by atoms with Crippen LogP contribution in [0.5, 0.6) is 0 Å². The lowest BCUT2D eigenvalue weighted by Crippen LogP contribution is -2.14. The monoisotopic (exact) mass is 187 g/mol. The van der Waals surface area contributed by atoms with Gasteiger partial charge in [-0.2, -0.15) is 4.98 Å². The van der Waals surface area contributed by atoms with E-state index in [1.54, 1.807) is 0 Å². The van der Waals surface area contributed by atoms with Crippen LogP contribution in [0.25, 0.3) is 0 Å². The summed E-state index contributed by atoms with van der Waals surface area (Å²) in [6.07, 6.45) is 0. The lowest BCUT2D eigenvalue weighted by molar-refractivity contribution is 1.09. The fourth-order valence-electron chi connectivity index (χ4n) is 1.02. The third-order valence-corrected chi connectivity index (χ3v) is 1.71. The molecule has 0 fully saturated rings. The molecule has 1 aliphatic heterocycles. The van der Waals surface area contributed by atoms with Crippen LogP contribution in [0.2, 0.25) is 0 Å². The first-order valence-electron chi connectivity index (χ1n) is 3.24. The van der Waals surface area contributed by atoms with Gasteiger partial charge < -0.3 is 16.4 Å². The van der Waals surface area contributed by atoms with Gasteiger partial charge in [-0.05, 0) is 0 Å². The van der Waals surface area contributed by atoms with E-state index >= 15 is 0 Å². The minimum absolute atomic E-state index is 0.237. The van der Waals surface area contributed by atoms with Gasteiger partial charge in [0.25, 0.3) is 0 Å². The van der Waals surface area contributed by atoms with E-state index in [1.807, 2.05) is 0 Å². The molecule has 0 radical (unpaired) electrons. The van der Waals surface area contributed by atoms with Crippen LogP contribution in [0, 0.1) is 0 Å². The van der Waals surface area contributed by atoms with Crippen molar-refractivity contribution in [2.45, 2.75) is 5.62 Å². The molecule has 0 saturated carbocycles. The number of rotatable bonds is 0. The summed E-state index contributed by atoms with van der Waals surface area (Å²) in [7, 11) is 0. The van der Waals surface area contributed by atoms with Gasteiger partial charge in [0.15, 0.2) is 11.4 Å². The number of aromatic nitrogens is 2. The Balaban J connectivity index is 2.60. The van der Waals surface area contributed by atoms with Crippen molar-refractivity contribution in [3.05, 3.63) is 10.5 Å². The number of nitrogens with two attached hydrogens (primary N) is 1. The van der Waals surface area contributed by atoms with E-state index in [0.717, 1.165) is 0 Å². The van der Waals surface area contributed by atoms with Gasteiger partial charge >= 0.3 is 5.69 Å². The molecule has 0 spiro atoms. The van der Waals surface area contributed by atoms with E-state index in [2.05, 4.69) is 20.6 Å². The van der Waals surface area contributed by atoms with E-state index < -0.39 is 11.3 Å². The van der Waals surface area contributed by atoms with Crippen molar-refractivity contribution in [3.8, 4) is 0 Å². The van der Waals surface area contributed by atoms with Crippen LogP contribution in [0.3, 0.4) is 0 Å². The summed E-state index contributed by atoms with van der Waals surface area (Å²) in [6, 6.07) is 0. The first-order valence-corrected chi connectivity index (χ1v) is 3.67. The molecule has 1 atom stereocenters. The normalized spacial score (nSPS) is 19.6. The highest BCUT2D eigenvalue weighted by atomic mass is 35.5. The van der Waals surface area contributed by atoms with Gasteiger partial charge in [0.2, 0.25) is 0 Å². The number of alkyl halides is 1. The molecule has 1 unspecified atom stereocenters. The number of fused-ring (bicyclic) bond motifs is 1. The fraction of sp³-hybridized carbons (Fsp3) is 0.200. The van der Waals surface area contributed by atoms with Gasteiger partial charge in [-0.15, -0.1) is 0 Å². The molecule has 5 N–H and O–H groups in total. The molecular weight excluding hydrogens is 182 g/mol. The van der Waals surface area contributed by atoms with Gasteiger partial charge in [0.1, 0.15) is 11.5 Å². The van der Waals surface area contributed by atoms with Crippen LogP contribution < -0.4 is 22.1 Å². The molecular formula is C5H6ClN5O. The second-order valence-corrected chi connectivity index (χ2v) is 2.77. The van der Waals surface area contributed by atoms with Gasteiger partial charge in [-0.25, -0.2) is 4.79 Å². The Kier molecular flexibility index (Phi) is 1.37. The SMILES string of the molecule is Nc1[nH]c(=O)nc2c1NC(Cl)N2. The molecule has 2 rings (SSSR count). The first-order chi connectivity index (χ1) is 5.66. The maximum absolute atomic E-state index is 10.8. The lowest BCUT2D eigenvalue weighted by atomic mass is 10.4. The Hall–Kier alpha value is -1.43. The number of nitrogen functional groups attached to an aromatic ring is 1. The predicted molar refractivity (Wildman–Crippen MR) is 46.2 cm³/mol. The summed E-state index contributed by atoms with van der Waals surface area (Å²) in [5.41, 5.74) is 5.05. The molecule has 12 heavy (non-hydrogen) atoms. The molecule has 64 valence electrons. The van der Waals surface area contributed by atoms with E-state index in [-0.39, 0.29) is 5.82 Å². The number of H-pyrrole nitrogens is 1. The van der Waals surface area contributed by atoms with E-state index in [1.165, 1.54) is 0 Å². The number of hydrogen-bond acceptors (Lipinski definition) is 5. The van der Waals surface area contributed by atoms with E-state index in [9.17, 15) is 4.79 Å². The standard InChI is InChI=1S/C5H6ClN5O/c6-4-8-1-2(7)9-5(12)11-3(1)10-4/h4,8H,(H4,7,9,10,11,12). The molecule has 0 bridgehead atoms. The molecule has 0 aromatic carbocycles. The van der Waals surface area contributed by atoms with Crippen LogP contribution in [0.15, 0.2) is 4.79 Å². The third-order valence-electron chi connectivity index (χ3n) is 1.50. The summed E-state index contributed by atoms with van der Waals surface area (Å²) in [5, 5.41) is 5.51. The highest BCUT2D eigenvalue weighted by Gasteiger charge is 2.21. The van der Waals surface area contributed by atoms with Gasteiger partial charge in [0.05, 0.1) is 0 Å². The van der Waals surface area contributed by atoms with Crippen molar-refractivity contribution in [1.82, 2.24) is 9.97 Å². The number of nitrogens with zero attached hydrogens (tertiary/aromatic N) is 1. The summed E-state index contributed by atoms with van der Waals surface area (Å²) in [5.74, 6) is 0.622. The zero-order valence-corrected chi connectivity index (χ0v) is 6.64. The van der Waals surface area contributed by atoms with Crippen molar-refractivity contribution in [1.29, 1.82) is 0 Å². The van der Waals surface area contributed by atoms with Crippen molar-refractivity contribution >= 4 is 28.9 Å². The van der Waals surface area contributed by atoms with Crippen molar-refractivity contribution < 1.29 is 0 Å². The molecule has 0 aliphatic carbocycles. The summed E-state index contributed by atoms with van der Waals surface area (Å²) in [6.45, 7) is 0. The van der Waals surface area contributed by atoms with Gasteiger partial charge in [-0.3, -0.25) is 4.98 Å². The zero-order chi connectivity index (χ0) is 8.72. The minimum atomic E-state index is -0.494. The van der Waals surface area contributed by atoms with Crippen molar-refractivity contribution in [3.63, 3.8) is 0 Å². The number of hydrogen-bond donors (Lipinski definition) is 4. The molecule has 6 nitrogen and oxygen atoms in total. The molecule has 2 heterocycles. The second kappa shape index (κ2) is 2.28. The largest absolute Gasteiger partial charge is 0.383 e. The molecule has 0 saturated heterocycles. The van der Waals surface area contributed by atoms with Gasteiger partial charge in [0, 0.05) is 0 Å². The fourth-order valence-corrected chi connectivity index (χ4v) is 1.24. The van der Waals surface area contributed by atoms with Crippen molar-refractivity contribution in [2.24, 2.45) is 0 Å². The number of nitrogens with one attached hydrogen (secondary N) is 3. The number of anilines is 3. The highest BCUT2D eigenvalue weighted by molar-refractivity contribution is 6.24. The van der Waals surface area contributed by atoms with Crippen LogP contribution in [-0.2, 0) is 0 Å². The van der Waals surface area contributed by atoms with Crippen LogP contribution in [0.4, 0.5) is 17.3 Å². The Bertz CT molecular complexity index is 375. The highest BCUT2D eigenvalue weighted by Crippen LogP contribution is 2.30. The smallest absolute Gasteiger partial charge is 0.348 e. The average Bonchev–Trinajstić information content (AvgIpc) is 2.29. The molecule has 7 heteroatoms. The van der Waals surface area contributed by atoms with E-state index in [0.29, 0.717) is 11.5 Å². The number of halogens is 1. The van der Waals surface area contributed by atoms with Crippen molar-refractivity contribution in [2.75, 3.05) is 16.4 Å². The van der Waals surface area contributed by atoms with Crippen LogP contribution >= 0.6 is 11.6 Å². The molecule has 1 aliphatic rings. The summed E-state index contributed by atoms with van der Waals surface area (Å²) in [4.78, 5) is 16.8. The predicted octanol–water partition coefficient (Wildman–Crippen LogP) is -0.288. The Labute approximate surface area is 72.1 Å². The Morgan fingerprint density at radius 2 is 2.25 bits per heavy atom. The Morgan fingerprint density at radius 3 is 3.00 bits per heavy atom. The first kappa shape index (κ1) is 7.23. The molecule has 0 amide bonds. The zero-order valence-electron chi connectivity index (χ0n) is 5.89. The molecule has 1 aromatic rings. The minimum Gasteiger partial charge on any atom is -0.383 e. The molecule has 1 aromatic heterocycles. The maximum Gasteiger partial charge on any atom is 0.348 e. The summed E-state index contributed by atoms with van der Waals surface area (Å²) >= 11 is 5.67. The quantitative estimate of drug-likeness (QED) is 0.331. The lowest BCUT2D eigenvalue weighted by Gasteiger charge is -2.00. The third kappa shape index (κ3) is 0.964. The van der Waals surface area contributed by atoms with E-state index in [4.69, 9.17) is 17.3 Å². The number of aromatic amines is 1.